The van der Waals surface area contributed by atoms with Crippen molar-refractivity contribution >= 4 is 47.3 Å². The molecule has 0 aromatic heterocycles. The lowest BCUT2D eigenvalue weighted by molar-refractivity contribution is -0.149. The molecule has 1 aromatic rings. The third kappa shape index (κ3) is 14.0. The first-order valence-electron chi connectivity index (χ1n) is 21.9. The number of amides is 7. The highest BCUT2D eigenvalue weighted by Crippen LogP contribution is 2.27. The van der Waals surface area contributed by atoms with Gasteiger partial charge in [-0.3, -0.25) is 33.6 Å². The fraction of sp³-hybridized carbons (Fsp3) is 0.682. The summed E-state index contributed by atoms with van der Waals surface area (Å²) in [6.07, 6.45) is 3.12. The summed E-state index contributed by atoms with van der Waals surface area (Å²) in [4.78, 5) is 111. The largest absolute Gasteiger partial charge is 0.480 e. The number of nitrogens with two attached hydrogens (primary N) is 1. The van der Waals surface area contributed by atoms with E-state index in [4.69, 9.17) is 5.73 Å². The second kappa shape index (κ2) is 23.8. The first-order valence-corrected chi connectivity index (χ1v) is 21.9. The molecule has 0 radical (unpaired) electrons. The number of carboxylic acid groups (broad SMARTS) is 1. The standard InChI is InChI=1S/C44H70N8O9/c1-9-27(7)36(48-34(53)24-45)41(57)50-37(28(8)10-2)40(56)46-30(22-25(3)4)38(54)49-35(26(5)6)43(59)52-21-15-19-33(52)42(58)51-20-14-18-32(51)39(55)47-31(44(60)61)23-29-16-12-11-13-17-29/h11-13,16-17,25-28,30-33,35-37H,9-10,14-15,18-24,45H2,1-8H3,(H,46,56)(H,47,55)(H,48,53)(H,49,54)(H,50,57)(H,60,61)/t27-,28-,30-,31-,32-,33-,35-,36-,37-/m0/s1. The number of carboxylic acids is 1. The fourth-order valence-electron chi connectivity index (χ4n) is 7.89. The molecule has 0 unspecified atom stereocenters. The van der Waals surface area contributed by atoms with Gasteiger partial charge < -0.3 is 47.2 Å². The second-order valence-electron chi connectivity index (χ2n) is 17.4. The van der Waals surface area contributed by atoms with Crippen molar-refractivity contribution in [1.29, 1.82) is 0 Å². The number of likely N-dealkylation sites (tertiary alicyclic amines) is 2. The average Bonchev–Trinajstić information content (AvgIpc) is 3.93. The van der Waals surface area contributed by atoms with Gasteiger partial charge in [0, 0.05) is 19.5 Å². The zero-order valence-corrected chi connectivity index (χ0v) is 37.2. The van der Waals surface area contributed by atoms with Crippen LogP contribution < -0.4 is 32.3 Å². The topological polar surface area (TPSA) is 249 Å². The first kappa shape index (κ1) is 50.3. The van der Waals surface area contributed by atoms with Gasteiger partial charge in [0.2, 0.25) is 41.4 Å². The quantitative estimate of drug-likeness (QED) is 0.0885. The molecule has 2 saturated heterocycles. The molecule has 61 heavy (non-hydrogen) atoms. The van der Waals surface area contributed by atoms with E-state index in [0.29, 0.717) is 38.5 Å². The van der Waals surface area contributed by atoms with E-state index in [1.807, 2.05) is 40.7 Å². The van der Waals surface area contributed by atoms with Crippen LogP contribution in [0.1, 0.15) is 106 Å². The van der Waals surface area contributed by atoms with Crippen molar-refractivity contribution in [3.8, 4) is 0 Å². The number of nitrogens with zero attached hydrogens (tertiary/aromatic N) is 2. The molecule has 17 nitrogen and oxygen atoms in total. The van der Waals surface area contributed by atoms with E-state index in [2.05, 4.69) is 26.6 Å². The van der Waals surface area contributed by atoms with Crippen LogP contribution >= 0.6 is 0 Å². The minimum Gasteiger partial charge on any atom is -0.480 e. The van der Waals surface area contributed by atoms with Crippen molar-refractivity contribution in [2.45, 2.75) is 149 Å². The normalized spacial score (nSPS) is 19.9. The lowest BCUT2D eigenvalue weighted by atomic mass is 9.94. The van der Waals surface area contributed by atoms with Crippen molar-refractivity contribution in [1.82, 2.24) is 36.4 Å². The zero-order chi connectivity index (χ0) is 45.6. The van der Waals surface area contributed by atoms with Gasteiger partial charge in [-0.05, 0) is 61.3 Å². The van der Waals surface area contributed by atoms with Gasteiger partial charge in [0.25, 0.3) is 0 Å². The summed E-state index contributed by atoms with van der Waals surface area (Å²) >= 11 is 0. The van der Waals surface area contributed by atoms with Crippen molar-refractivity contribution in [2.24, 2.45) is 29.4 Å². The predicted octanol–water partition coefficient (Wildman–Crippen LogP) is 1.47. The molecule has 2 aliphatic rings. The first-order chi connectivity index (χ1) is 28.8. The summed E-state index contributed by atoms with van der Waals surface area (Å²) < 4.78 is 0. The molecule has 0 saturated carbocycles. The van der Waals surface area contributed by atoms with E-state index in [-0.39, 0.29) is 50.2 Å². The van der Waals surface area contributed by atoms with Crippen LogP contribution in [0.5, 0.6) is 0 Å². The Bertz CT molecular complexity index is 1690. The van der Waals surface area contributed by atoms with Gasteiger partial charge in [-0.2, -0.15) is 0 Å². The van der Waals surface area contributed by atoms with Crippen LogP contribution in [0.15, 0.2) is 30.3 Å². The van der Waals surface area contributed by atoms with Crippen LogP contribution in [-0.2, 0) is 44.8 Å². The number of carbonyl (C=O) groups is 8. The lowest BCUT2D eigenvalue weighted by Gasteiger charge is -2.34. The zero-order valence-electron chi connectivity index (χ0n) is 37.2. The molecule has 2 fully saturated rings. The molecule has 2 heterocycles. The van der Waals surface area contributed by atoms with Gasteiger partial charge in [0.15, 0.2) is 0 Å². The molecule has 2 aliphatic heterocycles. The van der Waals surface area contributed by atoms with Crippen molar-refractivity contribution < 1.29 is 43.5 Å². The van der Waals surface area contributed by atoms with Crippen molar-refractivity contribution in [3.63, 3.8) is 0 Å². The van der Waals surface area contributed by atoms with E-state index >= 15 is 0 Å². The van der Waals surface area contributed by atoms with Gasteiger partial charge in [0.05, 0.1) is 6.54 Å². The Hall–Kier alpha value is -5.06. The molecule has 17 heteroatoms. The maximum Gasteiger partial charge on any atom is 0.326 e. The highest BCUT2D eigenvalue weighted by atomic mass is 16.4. The lowest BCUT2D eigenvalue weighted by Crippen LogP contribution is -2.61. The fourth-order valence-corrected chi connectivity index (χ4v) is 7.89. The summed E-state index contributed by atoms with van der Waals surface area (Å²) in [7, 11) is 0. The molecule has 340 valence electrons. The molecule has 0 aliphatic carbocycles. The summed E-state index contributed by atoms with van der Waals surface area (Å²) in [5.41, 5.74) is 6.23. The van der Waals surface area contributed by atoms with Crippen LogP contribution in [0.4, 0.5) is 0 Å². The Morgan fingerprint density at radius 1 is 0.689 bits per heavy atom. The number of hydrogen-bond donors (Lipinski definition) is 7. The third-order valence-corrected chi connectivity index (χ3v) is 11.9. The maximum absolute atomic E-state index is 14.4. The number of nitrogens with one attached hydrogen (secondary N) is 5. The second-order valence-corrected chi connectivity index (χ2v) is 17.4. The summed E-state index contributed by atoms with van der Waals surface area (Å²) in [6.45, 7) is 14.9. The van der Waals surface area contributed by atoms with Crippen molar-refractivity contribution in [3.05, 3.63) is 35.9 Å². The Balaban J connectivity index is 1.77. The SMILES string of the molecule is CC[C@H](C)[C@H](NC(=O)CN)C(=O)N[C@H](C(=O)N[C@@H](CC(C)C)C(=O)N[C@H](C(=O)N1CCC[C@H]1C(=O)N1CCC[C@H]1C(=O)N[C@@H](Cc1ccccc1)C(=O)O)C(C)C)[C@@H](C)CC. The van der Waals surface area contributed by atoms with Gasteiger partial charge in [-0.25, -0.2) is 4.79 Å². The maximum atomic E-state index is 14.4. The number of carbonyl (C=O) groups excluding carboxylic acids is 7. The van der Waals surface area contributed by atoms with Gasteiger partial charge in [0.1, 0.15) is 42.3 Å². The van der Waals surface area contributed by atoms with Crippen molar-refractivity contribution in [2.75, 3.05) is 19.6 Å². The highest BCUT2D eigenvalue weighted by Gasteiger charge is 2.45. The molecule has 7 amide bonds. The number of benzene rings is 1. The van der Waals surface area contributed by atoms with E-state index in [0.717, 1.165) is 5.56 Å². The van der Waals surface area contributed by atoms with E-state index in [9.17, 15) is 43.5 Å². The molecule has 0 spiro atoms. The Morgan fingerprint density at radius 3 is 1.77 bits per heavy atom. The van der Waals surface area contributed by atoms with Gasteiger partial charge in [-0.1, -0.05) is 98.6 Å². The van der Waals surface area contributed by atoms with Crippen LogP contribution in [0.25, 0.3) is 0 Å². The molecule has 1 aromatic carbocycles. The van der Waals surface area contributed by atoms with Gasteiger partial charge >= 0.3 is 5.97 Å². The smallest absolute Gasteiger partial charge is 0.326 e. The van der Waals surface area contributed by atoms with Gasteiger partial charge in [-0.15, -0.1) is 0 Å². The number of aliphatic carboxylic acids is 1. The molecule has 9 atom stereocenters. The highest BCUT2D eigenvalue weighted by molar-refractivity contribution is 5.98. The third-order valence-electron chi connectivity index (χ3n) is 11.9. The Kier molecular flexibility index (Phi) is 19.6. The summed E-state index contributed by atoms with van der Waals surface area (Å²) in [5, 5.41) is 23.7. The average molecular weight is 855 g/mol. The Labute approximate surface area is 360 Å². The molecule has 3 rings (SSSR count). The predicted molar refractivity (Wildman–Crippen MR) is 229 cm³/mol. The monoisotopic (exact) mass is 855 g/mol. The van der Waals surface area contributed by atoms with E-state index in [1.54, 1.807) is 45.0 Å². The van der Waals surface area contributed by atoms with Crippen LogP contribution in [0.2, 0.25) is 0 Å². The number of hydrogen-bond acceptors (Lipinski definition) is 9. The molecule has 8 N–H and O–H groups in total. The summed E-state index contributed by atoms with van der Waals surface area (Å²) in [6, 6.07) is 1.81. The number of rotatable bonds is 22. The minimum absolute atomic E-state index is 0.0579. The molecular weight excluding hydrogens is 785 g/mol. The molecular formula is C44H70N8O9. The van der Waals surface area contributed by atoms with Crippen LogP contribution in [0.3, 0.4) is 0 Å². The minimum atomic E-state index is -1.20. The van der Waals surface area contributed by atoms with E-state index in [1.165, 1.54) is 9.80 Å². The summed E-state index contributed by atoms with van der Waals surface area (Å²) in [5.74, 6) is -5.97. The van der Waals surface area contributed by atoms with E-state index < -0.39 is 95.5 Å². The van der Waals surface area contributed by atoms with Crippen LogP contribution in [0, 0.1) is 23.7 Å². The van der Waals surface area contributed by atoms with Crippen LogP contribution in [-0.4, -0.2) is 124 Å². The Morgan fingerprint density at radius 2 is 1.23 bits per heavy atom. The molecule has 0 bridgehead atoms.